The molecule has 8 heteroatoms. The van der Waals surface area contributed by atoms with Gasteiger partial charge in [0.2, 0.25) is 10.0 Å². The number of halogens is 1. The molecule has 0 fully saturated rings. The van der Waals surface area contributed by atoms with Crippen molar-refractivity contribution in [2.75, 3.05) is 25.4 Å². The van der Waals surface area contributed by atoms with Gasteiger partial charge in [0.1, 0.15) is 0 Å². The molecule has 0 aromatic heterocycles. The molecule has 0 amide bonds. The third-order valence-electron chi connectivity index (χ3n) is 3.26. The van der Waals surface area contributed by atoms with Gasteiger partial charge >= 0.3 is 0 Å². The van der Waals surface area contributed by atoms with Gasteiger partial charge < -0.3 is 10.6 Å². The highest BCUT2D eigenvalue weighted by Crippen LogP contribution is 2.23. The first-order valence-electron chi connectivity index (χ1n) is 7.88. The van der Waals surface area contributed by atoms with Gasteiger partial charge in [-0.2, -0.15) is 0 Å². The quantitative estimate of drug-likeness (QED) is 0.477. The molecule has 1 rings (SSSR count). The second-order valence-electron chi connectivity index (χ2n) is 6.46. The molecule has 1 aromatic carbocycles. The highest BCUT2D eigenvalue weighted by atomic mass is 35.5. The number of benzene rings is 1. The minimum absolute atomic E-state index is 0.0625. The van der Waals surface area contributed by atoms with E-state index in [-0.39, 0.29) is 17.7 Å². The number of nitrogens with two attached hydrogens (primary N) is 1. The second kappa shape index (κ2) is 9.25. The zero-order valence-electron chi connectivity index (χ0n) is 14.5. The first kappa shape index (κ1) is 20.7. The van der Waals surface area contributed by atoms with E-state index in [2.05, 4.69) is 29.5 Å². The van der Waals surface area contributed by atoms with Crippen molar-refractivity contribution < 1.29 is 8.42 Å². The van der Waals surface area contributed by atoms with Crippen molar-refractivity contribution in [3.05, 3.63) is 34.9 Å². The summed E-state index contributed by atoms with van der Waals surface area (Å²) < 4.78 is 22.0. The fourth-order valence-electron chi connectivity index (χ4n) is 2.20. The molecule has 0 radical (unpaired) electrons. The molecular formula is C16H27ClN4O2S. The summed E-state index contributed by atoms with van der Waals surface area (Å²) in [6, 6.07) is 7.81. The van der Waals surface area contributed by atoms with Crippen LogP contribution in [-0.2, 0) is 16.4 Å². The number of hydrogen-bond acceptors (Lipinski definition) is 3. The molecule has 0 aliphatic rings. The van der Waals surface area contributed by atoms with Crippen molar-refractivity contribution in [2.24, 2.45) is 15.5 Å². The van der Waals surface area contributed by atoms with Gasteiger partial charge in [-0.3, -0.25) is 4.99 Å². The predicted molar refractivity (Wildman–Crippen MR) is 101 cm³/mol. The number of rotatable bonds is 8. The molecule has 0 atom stereocenters. The van der Waals surface area contributed by atoms with Gasteiger partial charge in [0.15, 0.2) is 5.96 Å². The number of sulfonamides is 1. The molecule has 24 heavy (non-hydrogen) atoms. The summed E-state index contributed by atoms with van der Waals surface area (Å²) in [7, 11) is -3.48. The maximum absolute atomic E-state index is 11.0. The highest BCUT2D eigenvalue weighted by Gasteiger charge is 2.18. The maximum atomic E-state index is 11.0. The van der Waals surface area contributed by atoms with E-state index in [1.54, 1.807) is 0 Å². The van der Waals surface area contributed by atoms with Crippen molar-refractivity contribution in [1.82, 2.24) is 10.6 Å². The number of primary sulfonamides is 1. The van der Waals surface area contributed by atoms with Gasteiger partial charge in [0, 0.05) is 24.7 Å². The molecule has 0 aliphatic heterocycles. The molecular weight excluding hydrogens is 348 g/mol. The Morgan fingerprint density at radius 2 is 2.04 bits per heavy atom. The summed E-state index contributed by atoms with van der Waals surface area (Å²) in [6.07, 6.45) is 0.841. The minimum atomic E-state index is -3.48. The van der Waals surface area contributed by atoms with Gasteiger partial charge in [-0.1, -0.05) is 37.6 Å². The average molecular weight is 375 g/mol. The number of nitrogens with zero attached hydrogens (tertiary/aromatic N) is 1. The van der Waals surface area contributed by atoms with Gasteiger partial charge in [0.25, 0.3) is 0 Å². The van der Waals surface area contributed by atoms with E-state index >= 15 is 0 Å². The van der Waals surface area contributed by atoms with Crippen LogP contribution in [0.1, 0.15) is 26.3 Å². The molecule has 0 spiro atoms. The molecule has 0 unspecified atom stereocenters. The summed E-state index contributed by atoms with van der Waals surface area (Å²) in [5, 5.41) is 11.8. The van der Waals surface area contributed by atoms with E-state index in [1.807, 2.05) is 31.2 Å². The van der Waals surface area contributed by atoms with Gasteiger partial charge in [0.05, 0.1) is 5.75 Å². The number of guanidine groups is 1. The van der Waals surface area contributed by atoms with Crippen molar-refractivity contribution in [3.8, 4) is 0 Å². The molecule has 0 heterocycles. The third kappa shape index (κ3) is 9.10. The molecule has 136 valence electrons. The number of aliphatic imine (C=N–C) groups is 1. The van der Waals surface area contributed by atoms with Crippen LogP contribution in [0.3, 0.4) is 0 Å². The lowest BCUT2D eigenvalue weighted by Crippen LogP contribution is -2.41. The first-order chi connectivity index (χ1) is 11.1. The summed E-state index contributed by atoms with van der Waals surface area (Å²) >= 11 is 6.03. The largest absolute Gasteiger partial charge is 0.357 e. The molecule has 0 saturated heterocycles. The normalized spacial score (nSPS) is 13.0. The van der Waals surface area contributed by atoms with E-state index in [9.17, 15) is 8.42 Å². The summed E-state index contributed by atoms with van der Waals surface area (Å²) in [4.78, 5) is 4.55. The van der Waals surface area contributed by atoms with E-state index in [1.165, 1.54) is 0 Å². The monoisotopic (exact) mass is 374 g/mol. The highest BCUT2D eigenvalue weighted by molar-refractivity contribution is 7.89. The van der Waals surface area contributed by atoms with Crippen molar-refractivity contribution in [2.45, 2.75) is 27.2 Å². The van der Waals surface area contributed by atoms with Gasteiger partial charge in [-0.05, 0) is 36.5 Å². The lowest BCUT2D eigenvalue weighted by Gasteiger charge is -2.23. The Balaban J connectivity index is 2.65. The van der Waals surface area contributed by atoms with Crippen molar-refractivity contribution in [1.29, 1.82) is 0 Å². The Bertz CT molecular complexity index is 660. The zero-order chi connectivity index (χ0) is 18.2. The van der Waals surface area contributed by atoms with Crippen LogP contribution in [0.15, 0.2) is 29.3 Å². The Kier molecular flexibility index (Phi) is 7.99. The molecule has 1 aromatic rings. The van der Waals surface area contributed by atoms with Crippen LogP contribution >= 0.6 is 11.6 Å². The van der Waals surface area contributed by atoms with Crippen LogP contribution in [0.25, 0.3) is 0 Å². The Morgan fingerprint density at radius 1 is 1.33 bits per heavy atom. The maximum Gasteiger partial charge on any atom is 0.210 e. The van der Waals surface area contributed by atoms with Gasteiger partial charge in [-0.15, -0.1) is 0 Å². The molecule has 0 bridgehead atoms. The number of hydrogen-bond donors (Lipinski definition) is 3. The van der Waals surface area contributed by atoms with Gasteiger partial charge in [-0.25, -0.2) is 13.6 Å². The smallest absolute Gasteiger partial charge is 0.210 e. The van der Waals surface area contributed by atoms with Crippen LogP contribution in [0.4, 0.5) is 0 Å². The first-order valence-corrected chi connectivity index (χ1v) is 9.98. The average Bonchev–Trinajstić information content (AvgIpc) is 2.43. The summed E-state index contributed by atoms with van der Waals surface area (Å²) in [6.45, 7) is 7.71. The van der Waals surface area contributed by atoms with Crippen LogP contribution in [0.2, 0.25) is 5.02 Å². The second-order valence-corrected chi connectivity index (χ2v) is 8.63. The van der Waals surface area contributed by atoms with E-state index < -0.39 is 10.0 Å². The minimum Gasteiger partial charge on any atom is -0.357 e. The molecule has 0 saturated carbocycles. The third-order valence-corrected chi connectivity index (χ3v) is 4.27. The summed E-state index contributed by atoms with van der Waals surface area (Å²) in [5.41, 5.74) is 1.10. The molecule has 6 nitrogen and oxygen atoms in total. The van der Waals surface area contributed by atoms with Crippen LogP contribution < -0.4 is 15.8 Å². The molecule has 4 N–H and O–H groups in total. The Hall–Kier alpha value is -1.31. The van der Waals surface area contributed by atoms with E-state index in [0.717, 1.165) is 17.0 Å². The van der Waals surface area contributed by atoms with Crippen LogP contribution in [-0.4, -0.2) is 39.8 Å². The fourth-order valence-corrected chi connectivity index (χ4v) is 2.80. The Morgan fingerprint density at radius 3 is 2.62 bits per heavy atom. The van der Waals surface area contributed by atoms with Crippen LogP contribution in [0.5, 0.6) is 0 Å². The summed E-state index contributed by atoms with van der Waals surface area (Å²) in [5.74, 6) is 0.448. The van der Waals surface area contributed by atoms with E-state index in [0.29, 0.717) is 19.0 Å². The SMILES string of the molecule is CCNC(=NCC(C)(C)Cc1cccc(Cl)c1)NCCS(N)(=O)=O. The van der Waals surface area contributed by atoms with Crippen molar-refractivity contribution in [3.63, 3.8) is 0 Å². The number of nitrogens with one attached hydrogen (secondary N) is 2. The van der Waals surface area contributed by atoms with Crippen LogP contribution in [0, 0.1) is 5.41 Å². The Labute approximate surface area is 149 Å². The standard InChI is InChI=1S/C16H27ClN4O2S/c1-4-19-15(20-8-9-24(18,22)23)21-12-16(2,3)11-13-6-5-7-14(17)10-13/h5-7,10H,4,8-9,11-12H2,1-3H3,(H2,18,22,23)(H2,19,20,21). The van der Waals surface area contributed by atoms with E-state index in [4.69, 9.17) is 16.7 Å². The lowest BCUT2D eigenvalue weighted by atomic mass is 9.86. The predicted octanol–water partition coefficient (Wildman–Crippen LogP) is 1.75. The lowest BCUT2D eigenvalue weighted by molar-refractivity contribution is 0.377. The fraction of sp³-hybridized carbons (Fsp3) is 0.562. The molecule has 0 aliphatic carbocycles. The zero-order valence-corrected chi connectivity index (χ0v) is 16.0. The topological polar surface area (TPSA) is 96.6 Å². The van der Waals surface area contributed by atoms with Crippen molar-refractivity contribution >= 4 is 27.6 Å².